The SMILES string of the molecule is CC(C)(C)c1cc(O)cc2ccccc12. The van der Waals surface area contributed by atoms with Crippen LogP contribution in [0, 0.1) is 0 Å². The Bertz CT molecular complexity index is 492. The first kappa shape index (κ1) is 10.0. The van der Waals surface area contributed by atoms with Crippen LogP contribution < -0.4 is 0 Å². The van der Waals surface area contributed by atoms with E-state index in [1.807, 2.05) is 30.3 Å². The van der Waals surface area contributed by atoms with Crippen LogP contribution in [-0.4, -0.2) is 5.11 Å². The van der Waals surface area contributed by atoms with Crippen molar-refractivity contribution in [2.75, 3.05) is 0 Å². The number of aromatic hydroxyl groups is 1. The first-order valence-electron chi connectivity index (χ1n) is 5.21. The van der Waals surface area contributed by atoms with Crippen molar-refractivity contribution in [2.45, 2.75) is 26.2 Å². The first-order valence-corrected chi connectivity index (χ1v) is 5.21. The minimum atomic E-state index is 0.0539. The van der Waals surface area contributed by atoms with Gasteiger partial charge >= 0.3 is 0 Å². The molecule has 2 aromatic carbocycles. The van der Waals surface area contributed by atoms with Gasteiger partial charge in [-0.15, -0.1) is 0 Å². The molecule has 0 aliphatic carbocycles. The second kappa shape index (κ2) is 3.27. The molecule has 0 saturated heterocycles. The van der Waals surface area contributed by atoms with Crippen molar-refractivity contribution in [3.05, 3.63) is 42.0 Å². The number of phenolic OH excluding ortho intramolecular Hbond substituents is 1. The molecule has 0 atom stereocenters. The van der Waals surface area contributed by atoms with Gasteiger partial charge in [0.1, 0.15) is 5.75 Å². The van der Waals surface area contributed by atoms with Crippen LogP contribution in [0.1, 0.15) is 26.3 Å². The van der Waals surface area contributed by atoms with Crippen LogP contribution in [0.5, 0.6) is 5.75 Å². The van der Waals surface area contributed by atoms with Crippen molar-refractivity contribution >= 4 is 10.8 Å². The molecule has 0 fully saturated rings. The molecule has 2 aromatic rings. The molecule has 78 valence electrons. The highest BCUT2D eigenvalue weighted by molar-refractivity contribution is 5.88. The molecule has 0 aliphatic rings. The Hall–Kier alpha value is -1.50. The van der Waals surface area contributed by atoms with Crippen LogP contribution in [0.2, 0.25) is 0 Å². The highest BCUT2D eigenvalue weighted by Crippen LogP contribution is 2.33. The summed E-state index contributed by atoms with van der Waals surface area (Å²) in [7, 11) is 0. The van der Waals surface area contributed by atoms with Gasteiger partial charge in [-0.25, -0.2) is 0 Å². The predicted octanol–water partition coefficient (Wildman–Crippen LogP) is 3.84. The van der Waals surface area contributed by atoms with Gasteiger partial charge < -0.3 is 5.11 Å². The Morgan fingerprint density at radius 3 is 2.33 bits per heavy atom. The van der Waals surface area contributed by atoms with E-state index in [2.05, 4.69) is 26.8 Å². The smallest absolute Gasteiger partial charge is 0.116 e. The molecule has 0 aromatic heterocycles. The highest BCUT2D eigenvalue weighted by atomic mass is 16.3. The van der Waals surface area contributed by atoms with Crippen LogP contribution in [0.25, 0.3) is 10.8 Å². The summed E-state index contributed by atoms with van der Waals surface area (Å²) in [5, 5.41) is 12.0. The van der Waals surface area contributed by atoms with E-state index in [0.717, 1.165) is 5.39 Å². The highest BCUT2D eigenvalue weighted by Gasteiger charge is 2.17. The van der Waals surface area contributed by atoms with Gasteiger partial charge in [0, 0.05) is 0 Å². The van der Waals surface area contributed by atoms with E-state index in [4.69, 9.17) is 0 Å². The molecule has 0 amide bonds. The molecule has 0 heterocycles. The quantitative estimate of drug-likeness (QED) is 0.685. The zero-order valence-corrected chi connectivity index (χ0v) is 9.41. The van der Waals surface area contributed by atoms with Crippen LogP contribution >= 0.6 is 0 Å². The number of hydrogen-bond acceptors (Lipinski definition) is 1. The molecule has 0 unspecified atom stereocenters. The summed E-state index contributed by atoms with van der Waals surface area (Å²) in [5.41, 5.74) is 1.25. The summed E-state index contributed by atoms with van der Waals surface area (Å²) in [5.74, 6) is 0.346. The molecule has 1 nitrogen and oxygen atoms in total. The average molecular weight is 200 g/mol. The molecule has 0 saturated carbocycles. The van der Waals surface area contributed by atoms with Gasteiger partial charge in [-0.3, -0.25) is 0 Å². The Morgan fingerprint density at radius 1 is 1.00 bits per heavy atom. The minimum absolute atomic E-state index is 0.0539. The fourth-order valence-corrected chi connectivity index (χ4v) is 1.92. The van der Waals surface area contributed by atoms with Crippen molar-refractivity contribution < 1.29 is 5.11 Å². The summed E-state index contributed by atoms with van der Waals surface area (Å²) >= 11 is 0. The standard InChI is InChI=1S/C14H16O/c1-14(2,3)13-9-11(15)8-10-6-4-5-7-12(10)13/h4-9,15H,1-3H3. The largest absolute Gasteiger partial charge is 0.508 e. The monoisotopic (exact) mass is 200 g/mol. The minimum Gasteiger partial charge on any atom is -0.508 e. The summed E-state index contributed by atoms with van der Waals surface area (Å²) in [6.07, 6.45) is 0. The third-order valence-corrected chi connectivity index (χ3v) is 2.65. The maximum absolute atomic E-state index is 9.67. The molecule has 1 N–H and O–H groups in total. The van der Waals surface area contributed by atoms with Gasteiger partial charge in [-0.05, 0) is 33.9 Å². The number of benzene rings is 2. The molecule has 15 heavy (non-hydrogen) atoms. The third kappa shape index (κ3) is 1.82. The third-order valence-electron chi connectivity index (χ3n) is 2.65. The molecule has 2 rings (SSSR count). The molecule has 0 radical (unpaired) electrons. The Balaban J connectivity index is 2.83. The number of hydrogen-bond donors (Lipinski definition) is 1. The summed E-state index contributed by atoms with van der Waals surface area (Å²) in [6, 6.07) is 11.8. The van der Waals surface area contributed by atoms with Gasteiger partial charge in [0.2, 0.25) is 0 Å². The van der Waals surface area contributed by atoms with E-state index in [9.17, 15) is 5.11 Å². The van der Waals surface area contributed by atoms with Crippen molar-refractivity contribution in [3.8, 4) is 5.75 Å². The van der Waals surface area contributed by atoms with E-state index in [1.54, 1.807) is 0 Å². The molecule has 0 aliphatic heterocycles. The molecule has 1 heteroatoms. The first-order chi connectivity index (χ1) is 6.98. The van der Waals surface area contributed by atoms with Crippen molar-refractivity contribution in [1.29, 1.82) is 0 Å². The number of rotatable bonds is 0. The summed E-state index contributed by atoms with van der Waals surface area (Å²) in [4.78, 5) is 0. The summed E-state index contributed by atoms with van der Waals surface area (Å²) in [6.45, 7) is 6.48. The van der Waals surface area contributed by atoms with Crippen molar-refractivity contribution in [1.82, 2.24) is 0 Å². The van der Waals surface area contributed by atoms with E-state index >= 15 is 0 Å². The van der Waals surface area contributed by atoms with Gasteiger partial charge in [-0.2, -0.15) is 0 Å². The molecule has 0 bridgehead atoms. The van der Waals surface area contributed by atoms with Gasteiger partial charge in [0.05, 0.1) is 0 Å². The number of phenols is 1. The lowest BCUT2D eigenvalue weighted by molar-refractivity contribution is 0.472. The topological polar surface area (TPSA) is 20.2 Å². The Kier molecular flexibility index (Phi) is 2.18. The second-order valence-corrected chi connectivity index (χ2v) is 4.96. The van der Waals surface area contributed by atoms with Crippen LogP contribution in [0.15, 0.2) is 36.4 Å². The van der Waals surface area contributed by atoms with E-state index < -0.39 is 0 Å². The zero-order chi connectivity index (χ0) is 11.1. The lowest BCUT2D eigenvalue weighted by Gasteiger charge is -2.21. The normalized spacial score (nSPS) is 11.9. The van der Waals surface area contributed by atoms with E-state index in [1.165, 1.54) is 10.9 Å². The predicted molar refractivity (Wildman–Crippen MR) is 64.3 cm³/mol. The lowest BCUT2D eigenvalue weighted by atomic mass is 9.83. The number of fused-ring (bicyclic) bond motifs is 1. The van der Waals surface area contributed by atoms with Crippen molar-refractivity contribution in [3.63, 3.8) is 0 Å². The fourth-order valence-electron chi connectivity index (χ4n) is 1.92. The van der Waals surface area contributed by atoms with Gasteiger partial charge in [0.25, 0.3) is 0 Å². The van der Waals surface area contributed by atoms with Gasteiger partial charge in [-0.1, -0.05) is 45.0 Å². The molecule has 0 spiro atoms. The fraction of sp³-hybridized carbons (Fsp3) is 0.286. The van der Waals surface area contributed by atoms with Crippen LogP contribution in [0.3, 0.4) is 0 Å². The maximum Gasteiger partial charge on any atom is 0.116 e. The molecular formula is C14H16O. The molecular weight excluding hydrogens is 184 g/mol. The Labute approximate surface area is 90.4 Å². The van der Waals surface area contributed by atoms with E-state index in [0.29, 0.717) is 5.75 Å². The Morgan fingerprint density at radius 2 is 1.67 bits per heavy atom. The van der Waals surface area contributed by atoms with E-state index in [-0.39, 0.29) is 5.41 Å². The maximum atomic E-state index is 9.67. The lowest BCUT2D eigenvalue weighted by Crippen LogP contribution is -2.11. The zero-order valence-electron chi connectivity index (χ0n) is 9.41. The second-order valence-electron chi connectivity index (χ2n) is 4.96. The summed E-state index contributed by atoms with van der Waals surface area (Å²) < 4.78 is 0. The van der Waals surface area contributed by atoms with Crippen LogP contribution in [0.4, 0.5) is 0 Å². The van der Waals surface area contributed by atoms with Crippen LogP contribution in [-0.2, 0) is 5.41 Å². The average Bonchev–Trinajstić information content (AvgIpc) is 2.15. The van der Waals surface area contributed by atoms with Crippen molar-refractivity contribution in [2.24, 2.45) is 0 Å². The van der Waals surface area contributed by atoms with Gasteiger partial charge in [0.15, 0.2) is 0 Å².